The van der Waals surface area contributed by atoms with Gasteiger partial charge in [-0.05, 0) is 27.7 Å². The van der Waals surface area contributed by atoms with Gasteiger partial charge in [0.1, 0.15) is 0 Å². The summed E-state index contributed by atoms with van der Waals surface area (Å²) in [6.07, 6.45) is 1.25. The first-order chi connectivity index (χ1) is 8.99. The third-order valence-corrected chi connectivity index (χ3v) is 2.39. The van der Waals surface area contributed by atoms with Crippen LogP contribution in [0.25, 0.3) is 0 Å². The topological polar surface area (TPSA) is 0 Å². The second kappa shape index (κ2) is 10.4. The molecule has 0 spiro atoms. The van der Waals surface area contributed by atoms with Crippen molar-refractivity contribution in [2.75, 3.05) is 0 Å². The smallest absolute Gasteiger partial charge is 0.0398 e. The first kappa shape index (κ1) is 17.4. The van der Waals surface area contributed by atoms with Crippen molar-refractivity contribution >= 4 is 0 Å². The van der Waals surface area contributed by atoms with Gasteiger partial charge >= 0.3 is 0 Å². The van der Waals surface area contributed by atoms with Crippen LogP contribution in [0.5, 0.6) is 0 Å². The van der Waals surface area contributed by atoms with E-state index in [4.69, 9.17) is 0 Å². The first-order valence-electron chi connectivity index (χ1n) is 7.06. The SMILES string of the molecule is CCC.Cc1ccc(C)cc1.Cc1cccc(C)c1. The Labute approximate surface area is 119 Å². The van der Waals surface area contributed by atoms with Gasteiger partial charge in [0.05, 0.1) is 0 Å². The summed E-state index contributed by atoms with van der Waals surface area (Å²) in [7, 11) is 0. The van der Waals surface area contributed by atoms with Crippen LogP contribution in [0.3, 0.4) is 0 Å². The Morgan fingerprint density at radius 2 is 0.895 bits per heavy atom. The maximum atomic E-state index is 2.17. The minimum Gasteiger partial charge on any atom is -0.0656 e. The highest BCUT2D eigenvalue weighted by Gasteiger charge is 1.81. The molecule has 0 unspecified atom stereocenters. The van der Waals surface area contributed by atoms with Gasteiger partial charge in [0, 0.05) is 0 Å². The number of hydrogen-bond acceptors (Lipinski definition) is 0. The minimum absolute atomic E-state index is 1.25. The molecular weight excluding hydrogens is 228 g/mol. The third kappa shape index (κ3) is 10.1. The second-order valence-electron chi connectivity index (χ2n) is 5.02. The van der Waals surface area contributed by atoms with Gasteiger partial charge in [0.15, 0.2) is 0 Å². The van der Waals surface area contributed by atoms with Gasteiger partial charge in [-0.15, -0.1) is 0 Å². The maximum absolute atomic E-state index is 2.17. The van der Waals surface area contributed by atoms with Crippen molar-refractivity contribution in [1.29, 1.82) is 0 Å². The van der Waals surface area contributed by atoms with Crippen LogP contribution in [0.4, 0.5) is 0 Å². The summed E-state index contributed by atoms with van der Waals surface area (Å²) in [6, 6.07) is 16.9. The van der Waals surface area contributed by atoms with Gasteiger partial charge in [0.2, 0.25) is 0 Å². The fourth-order valence-corrected chi connectivity index (χ4v) is 1.44. The molecule has 0 aromatic heterocycles. The molecule has 0 atom stereocenters. The minimum atomic E-state index is 1.25. The van der Waals surface area contributed by atoms with Crippen LogP contribution in [0.1, 0.15) is 42.5 Å². The van der Waals surface area contributed by atoms with Crippen LogP contribution in [0.2, 0.25) is 0 Å². The maximum Gasteiger partial charge on any atom is -0.0398 e. The van der Waals surface area contributed by atoms with Gasteiger partial charge in [-0.1, -0.05) is 91.1 Å². The molecule has 104 valence electrons. The van der Waals surface area contributed by atoms with Crippen molar-refractivity contribution in [1.82, 2.24) is 0 Å². The first-order valence-corrected chi connectivity index (χ1v) is 7.06. The Kier molecular flexibility index (Phi) is 9.52. The molecule has 0 fully saturated rings. The lowest BCUT2D eigenvalue weighted by atomic mass is 10.2. The Morgan fingerprint density at radius 3 is 1.11 bits per heavy atom. The molecule has 0 radical (unpaired) electrons. The summed E-state index contributed by atoms with van der Waals surface area (Å²) >= 11 is 0. The molecule has 0 aliphatic carbocycles. The van der Waals surface area contributed by atoms with Crippen LogP contribution in [0, 0.1) is 27.7 Å². The normalized spacial score (nSPS) is 8.74. The van der Waals surface area contributed by atoms with E-state index in [-0.39, 0.29) is 0 Å². The van der Waals surface area contributed by atoms with E-state index in [2.05, 4.69) is 90.1 Å². The summed E-state index contributed by atoms with van der Waals surface area (Å²) in [5.74, 6) is 0. The highest BCUT2D eigenvalue weighted by Crippen LogP contribution is 2.00. The molecule has 0 heteroatoms. The largest absolute Gasteiger partial charge is 0.0656 e. The van der Waals surface area contributed by atoms with Crippen molar-refractivity contribution < 1.29 is 0 Å². The van der Waals surface area contributed by atoms with Gasteiger partial charge in [-0.2, -0.15) is 0 Å². The predicted octanol–water partition coefficient (Wildman–Crippen LogP) is 6.02. The average Bonchev–Trinajstić information content (AvgIpc) is 2.34. The molecule has 2 rings (SSSR count). The van der Waals surface area contributed by atoms with E-state index in [9.17, 15) is 0 Å². The second-order valence-corrected chi connectivity index (χ2v) is 5.02. The van der Waals surface area contributed by atoms with Gasteiger partial charge in [-0.25, -0.2) is 0 Å². The van der Waals surface area contributed by atoms with Gasteiger partial charge in [-0.3, -0.25) is 0 Å². The molecule has 2 aromatic rings. The molecule has 0 saturated carbocycles. The highest BCUT2D eigenvalue weighted by molar-refractivity contribution is 5.20. The lowest BCUT2D eigenvalue weighted by Gasteiger charge is -1.90. The molecule has 2 aromatic carbocycles. The predicted molar refractivity (Wildman–Crippen MR) is 87.8 cm³/mol. The van der Waals surface area contributed by atoms with Crippen LogP contribution >= 0.6 is 0 Å². The number of hydrogen-bond donors (Lipinski definition) is 0. The zero-order chi connectivity index (χ0) is 14.7. The van der Waals surface area contributed by atoms with Crippen LogP contribution in [-0.2, 0) is 0 Å². The Balaban J connectivity index is 0.000000284. The fourth-order valence-electron chi connectivity index (χ4n) is 1.44. The van der Waals surface area contributed by atoms with Crippen molar-refractivity contribution in [2.45, 2.75) is 48.0 Å². The van der Waals surface area contributed by atoms with Crippen LogP contribution < -0.4 is 0 Å². The zero-order valence-corrected chi connectivity index (χ0v) is 13.3. The van der Waals surface area contributed by atoms with E-state index in [1.807, 2.05) is 0 Å². The third-order valence-electron chi connectivity index (χ3n) is 2.39. The van der Waals surface area contributed by atoms with E-state index in [1.54, 1.807) is 0 Å². The lowest BCUT2D eigenvalue weighted by molar-refractivity contribution is 1.09. The Morgan fingerprint density at radius 1 is 0.579 bits per heavy atom. The fraction of sp³-hybridized carbons (Fsp3) is 0.368. The summed E-state index contributed by atoms with van der Waals surface area (Å²) in [5, 5.41) is 0. The zero-order valence-electron chi connectivity index (χ0n) is 13.3. The molecule has 0 aliphatic rings. The van der Waals surface area contributed by atoms with E-state index >= 15 is 0 Å². The number of aryl methyl sites for hydroxylation is 4. The van der Waals surface area contributed by atoms with E-state index in [0.717, 1.165) is 0 Å². The Hall–Kier alpha value is -1.56. The van der Waals surface area contributed by atoms with Gasteiger partial charge < -0.3 is 0 Å². The molecule has 19 heavy (non-hydrogen) atoms. The van der Waals surface area contributed by atoms with E-state index in [1.165, 1.54) is 28.7 Å². The molecule has 0 nitrogen and oxygen atoms in total. The highest BCUT2D eigenvalue weighted by atomic mass is 13.9. The van der Waals surface area contributed by atoms with E-state index in [0.29, 0.717) is 0 Å². The molecule has 0 bridgehead atoms. The molecule has 0 heterocycles. The van der Waals surface area contributed by atoms with Crippen molar-refractivity contribution in [2.24, 2.45) is 0 Å². The summed E-state index contributed by atoms with van der Waals surface area (Å²) in [6.45, 7) is 12.7. The van der Waals surface area contributed by atoms with Gasteiger partial charge in [0.25, 0.3) is 0 Å². The monoisotopic (exact) mass is 256 g/mol. The standard InChI is InChI=1S/2C8H10.C3H8/c1-7-3-5-8(2)6-4-7;1-7-4-3-5-8(2)6-7;1-3-2/h2*3-6H,1-2H3;3H2,1-2H3. The molecule has 0 amide bonds. The number of rotatable bonds is 0. The van der Waals surface area contributed by atoms with Crippen molar-refractivity contribution in [3.8, 4) is 0 Å². The summed E-state index contributed by atoms with van der Waals surface area (Å²) in [5.41, 5.74) is 5.33. The summed E-state index contributed by atoms with van der Waals surface area (Å²) < 4.78 is 0. The number of benzene rings is 2. The Bertz CT molecular complexity index is 400. The van der Waals surface area contributed by atoms with Crippen LogP contribution in [0.15, 0.2) is 48.5 Å². The van der Waals surface area contributed by atoms with Crippen LogP contribution in [-0.4, -0.2) is 0 Å². The van der Waals surface area contributed by atoms with Crippen molar-refractivity contribution in [3.05, 3.63) is 70.8 Å². The van der Waals surface area contributed by atoms with E-state index < -0.39 is 0 Å². The summed E-state index contributed by atoms with van der Waals surface area (Å²) in [4.78, 5) is 0. The molecule has 0 saturated heterocycles. The lowest BCUT2D eigenvalue weighted by Crippen LogP contribution is -1.71. The average molecular weight is 256 g/mol. The molecule has 0 aliphatic heterocycles. The quantitative estimate of drug-likeness (QED) is 0.540. The molecular formula is C19H28. The molecule has 0 N–H and O–H groups in total. The van der Waals surface area contributed by atoms with Crippen molar-refractivity contribution in [3.63, 3.8) is 0 Å².